The predicted octanol–water partition coefficient (Wildman–Crippen LogP) is 5.54. The van der Waals surface area contributed by atoms with Gasteiger partial charge in [0.05, 0.1) is 5.56 Å². The maximum absolute atomic E-state index is 12.2. The summed E-state index contributed by atoms with van der Waals surface area (Å²) in [5, 5.41) is 2.88. The predicted molar refractivity (Wildman–Crippen MR) is 94.9 cm³/mol. The molecule has 0 aliphatic heterocycles. The molecule has 1 aliphatic rings. The number of benzene rings is 2. The second-order valence-electron chi connectivity index (χ2n) is 5.72. The van der Waals surface area contributed by atoms with Gasteiger partial charge in [0.15, 0.2) is 0 Å². The summed E-state index contributed by atoms with van der Waals surface area (Å²) in [4.78, 5) is 12.2. The van der Waals surface area contributed by atoms with Gasteiger partial charge in [-0.3, -0.25) is 4.79 Å². The van der Waals surface area contributed by atoms with Gasteiger partial charge in [-0.25, -0.2) is 0 Å². The smallest absolute Gasteiger partial charge is 0.256 e. The molecule has 1 amide bonds. The number of carbonyl (C=O) groups is 1. The molecule has 0 radical (unpaired) electrons. The molecule has 1 saturated carbocycles. The van der Waals surface area contributed by atoms with Crippen molar-refractivity contribution in [3.63, 3.8) is 0 Å². The van der Waals surface area contributed by atoms with Gasteiger partial charge in [-0.15, -0.1) is 23.2 Å². The second kappa shape index (κ2) is 5.55. The molecule has 1 fully saturated rings. The zero-order valence-electron chi connectivity index (χ0n) is 11.9. The van der Waals surface area contributed by atoms with Crippen LogP contribution in [0, 0.1) is 0 Å². The van der Waals surface area contributed by atoms with E-state index in [1.54, 1.807) is 6.07 Å². The first kappa shape index (κ1) is 15.9. The Morgan fingerprint density at radius 1 is 1.14 bits per heavy atom. The van der Waals surface area contributed by atoms with Gasteiger partial charge >= 0.3 is 0 Å². The molecule has 0 aromatic heterocycles. The first-order valence-corrected chi connectivity index (χ1v) is 8.43. The molecule has 0 unspecified atom stereocenters. The molecular weight excluding hydrogens is 385 g/mol. The number of alkyl halides is 2. The van der Waals surface area contributed by atoms with Crippen LogP contribution in [0.1, 0.15) is 29.3 Å². The topological polar surface area (TPSA) is 29.1 Å². The van der Waals surface area contributed by atoms with Crippen molar-refractivity contribution in [3.05, 3.63) is 64.1 Å². The Labute approximate surface area is 147 Å². The standard InChI is InChI=1S/C17H14BrCl2NO/c1-16(10-17(16,19)20)11-6-8-12(9-7-11)21-15(22)13-4-2-3-5-14(13)18/h2-9H,10H2,1H3,(H,21,22)/t16-/m1/s1. The van der Waals surface area contributed by atoms with E-state index < -0.39 is 4.33 Å². The van der Waals surface area contributed by atoms with Crippen LogP contribution in [0.2, 0.25) is 0 Å². The number of halogens is 3. The van der Waals surface area contributed by atoms with Gasteiger partial charge in [0.2, 0.25) is 0 Å². The number of anilines is 1. The fourth-order valence-electron chi connectivity index (χ4n) is 2.48. The largest absolute Gasteiger partial charge is 0.322 e. The number of amides is 1. The number of hydrogen-bond acceptors (Lipinski definition) is 1. The van der Waals surface area contributed by atoms with Gasteiger partial charge in [-0.1, -0.05) is 31.2 Å². The van der Waals surface area contributed by atoms with Crippen LogP contribution in [0.25, 0.3) is 0 Å². The molecular formula is C17H14BrCl2NO. The van der Waals surface area contributed by atoms with Crippen LogP contribution >= 0.6 is 39.1 Å². The van der Waals surface area contributed by atoms with E-state index >= 15 is 0 Å². The highest BCUT2D eigenvalue weighted by Gasteiger charge is 2.63. The summed E-state index contributed by atoms with van der Waals surface area (Å²) in [5.41, 5.74) is 2.21. The third kappa shape index (κ3) is 2.78. The lowest BCUT2D eigenvalue weighted by molar-refractivity contribution is 0.102. The summed E-state index contributed by atoms with van der Waals surface area (Å²) in [7, 11) is 0. The van der Waals surface area contributed by atoms with Gasteiger partial charge in [-0.05, 0) is 52.2 Å². The summed E-state index contributed by atoms with van der Waals surface area (Å²) < 4.78 is 0.0795. The van der Waals surface area contributed by atoms with Crippen LogP contribution in [-0.4, -0.2) is 10.2 Å². The summed E-state index contributed by atoms with van der Waals surface area (Å²) in [6.45, 7) is 2.04. The van der Waals surface area contributed by atoms with Crippen LogP contribution in [-0.2, 0) is 5.41 Å². The highest BCUT2D eigenvalue weighted by molar-refractivity contribution is 9.10. The average molecular weight is 399 g/mol. The maximum atomic E-state index is 12.2. The van der Waals surface area contributed by atoms with Crippen molar-refractivity contribution in [2.24, 2.45) is 0 Å². The van der Waals surface area contributed by atoms with Crippen molar-refractivity contribution in [2.75, 3.05) is 5.32 Å². The van der Waals surface area contributed by atoms with E-state index in [-0.39, 0.29) is 11.3 Å². The lowest BCUT2D eigenvalue weighted by Gasteiger charge is -2.13. The highest BCUT2D eigenvalue weighted by Crippen LogP contribution is 2.64. The summed E-state index contributed by atoms with van der Waals surface area (Å²) in [6.07, 6.45) is 0.742. The van der Waals surface area contributed by atoms with Crippen molar-refractivity contribution < 1.29 is 4.79 Å². The van der Waals surface area contributed by atoms with Crippen molar-refractivity contribution >= 4 is 50.7 Å². The minimum Gasteiger partial charge on any atom is -0.322 e. The molecule has 0 bridgehead atoms. The lowest BCUT2D eigenvalue weighted by Crippen LogP contribution is -2.13. The number of rotatable bonds is 3. The monoisotopic (exact) mass is 397 g/mol. The Kier molecular flexibility index (Phi) is 4.00. The van der Waals surface area contributed by atoms with Gasteiger partial charge in [0.1, 0.15) is 4.33 Å². The van der Waals surface area contributed by atoms with Crippen LogP contribution in [0.4, 0.5) is 5.69 Å². The lowest BCUT2D eigenvalue weighted by atomic mass is 9.98. The normalized spacial score (nSPS) is 22.2. The first-order valence-electron chi connectivity index (χ1n) is 6.88. The van der Waals surface area contributed by atoms with Crippen LogP contribution in [0.3, 0.4) is 0 Å². The molecule has 1 atom stereocenters. The first-order chi connectivity index (χ1) is 10.3. The number of nitrogens with one attached hydrogen (secondary N) is 1. The molecule has 3 rings (SSSR count). The SMILES string of the molecule is C[C@]1(c2ccc(NC(=O)c3ccccc3Br)cc2)CC1(Cl)Cl. The zero-order valence-corrected chi connectivity index (χ0v) is 15.0. The van der Waals surface area contributed by atoms with E-state index in [1.807, 2.05) is 49.4 Å². The molecule has 2 aromatic carbocycles. The van der Waals surface area contributed by atoms with Crippen molar-refractivity contribution in [2.45, 2.75) is 23.1 Å². The third-order valence-electron chi connectivity index (χ3n) is 4.16. The van der Waals surface area contributed by atoms with Gasteiger partial charge in [0, 0.05) is 15.6 Å². The number of carbonyl (C=O) groups excluding carboxylic acids is 1. The minimum atomic E-state index is -0.688. The fraction of sp³-hybridized carbons (Fsp3) is 0.235. The molecule has 5 heteroatoms. The zero-order chi connectivity index (χ0) is 16.0. The van der Waals surface area contributed by atoms with Crippen LogP contribution < -0.4 is 5.32 Å². The molecule has 0 heterocycles. The van der Waals surface area contributed by atoms with E-state index in [0.717, 1.165) is 22.1 Å². The minimum absolute atomic E-state index is 0.151. The molecule has 2 aromatic rings. The quantitative estimate of drug-likeness (QED) is 0.676. The maximum Gasteiger partial charge on any atom is 0.256 e. The molecule has 1 N–H and O–H groups in total. The molecule has 0 saturated heterocycles. The highest BCUT2D eigenvalue weighted by atomic mass is 79.9. The molecule has 0 spiro atoms. The van der Waals surface area contributed by atoms with Crippen molar-refractivity contribution in [1.82, 2.24) is 0 Å². The summed E-state index contributed by atoms with van der Waals surface area (Å²) >= 11 is 15.8. The Morgan fingerprint density at radius 2 is 1.73 bits per heavy atom. The summed E-state index contributed by atoms with van der Waals surface area (Å²) in [5.74, 6) is -0.151. The summed E-state index contributed by atoms with van der Waals surface area (Å²) in [6, 6.07) is 15.0. The third-order valence-corrected chi connectivity index (χ3v) is 5.95. The molecule has 22 heavy (non-hydrogen) atoms. The van der Waals surface area contributed by atoms with E-state index in [9.17, 15) is 4.79 Å². The Morgan fingerprint density at radius 3 is 2.27 bits per heavy atom. The van der Waals surface area contributed by atoms with Crippen molar-refractivity contribution in [3.8, 4) is 0 Å². The van der Waals surface area contributed by atoms with E-state index in [1.165, 1.54) is 0 Å². The average Bonchev–Trinajstić information content (AvgIpc) is 3.00. The van der Waals surface area contributed by atoms with Gasteiger partial charge in [0.25, 0.3) is 5.91 Å². The Hall–Kier alpha value is -1.03. The van der Waals surface area contributed by atoms with Crippen molar-refractivity contribution in [1.29, 1.82) is 0 Å². The Balaban J connectivity index is 1.75. The van der Waals surface area contributed by atoms with Crippen LogP contribution in [0.15, 0.2) is 53.0 Å². The molecule has 114 valence electrons. The van der Waals surface area contributed by atoms with E-state index in [4.69, 9.17) is 23.2 Å². The number of hydrogen-bond donors (Lipinski definition) is 1. The van der Waals surface area contributed by atoms with Gasteiger partial charge < -0.3 is 5.32 Å². The fourth-order valence-corrected chi connectivity index (χ4v) is 3.70. The van der Waals surface area contributed by atoms with Gasteiger partial charge in [-0.2, -0.15) is 0 Å². The van der Waals surface area contributed by atoms with E-state index in [2.05, 4.69) is 21.2 Å². The molecule has 2 nitrogen and oxygen atoms in total. The Bertz CT molecular complexity index is 730. The van der Waals surface area contributed by atoms with E-state index in [0.29, 0.717) is 5.56 Å². The van der Waals surface area contributed by atoms with Crippen LogP contribution in [0.5, 0.6) is 0 Å². The second-order valence-corrected chi connectivity index (χ2v) is 8.06. The molecule has 1 aliphatic carbocycles.